The zero-order valence-electron chi connectivity index (χ0n) is 12.4. The van der Waals surface area contributed by atoms with Crippen molar-refractivity contribution in [2.75, 3.05) is 0 Å². The van der Waals surface area contributed by atoms with Crippen LogP contribution >= 0.6 is 12.2 Å². The summed E-state index contributed by atoms with van der Waals surface area (Å²) in [5, 5.41) is -0.00163. The first kappa shape index (κ1) is 16.4. The summed E-state index contributed by atoms with van der Waals surface area (Å²) in [5.74, 6) is 0.617. The maximum absolute atomic E-state index is 12.5. The fourth-order valence-electron chi connectivity index (χ4n) is 2.81. The predicted octanol–water partition coefficient (Wildman–Crippen LogP) is 1.32. The third kappa shape index (κ3) is 3.44. The average Bonchev–Trinajstić information content (AvgIpc) is 2.86. The Morgan fingerprint density at radius 3 is 2.62 bits per heavy atom. The summed E-state index contributed by atoms with van der Waals surface area (Å²) >= 11 is 5.15. The van der Waals surface area contributed by atoms with Crippen molar-refractivity contribution in [1.29, 1.82) is 0 Å². The minimum Gasteiger partial charge on any atom is -0.392 e. The van der Waals surface area contributed by atoms with Crippen LogP contribution in [0.3, 0.4) is 0 Å². The van der Waals surface area contributed by atoms with Crippen LogP contribution in [0.5, 0.6) is 0 Å². The first-order chi connectivity index (χ1) is 9.79. The first-order valence-corrected chi connectivity index (χ1v) is 9.00. The van der Waals surface area contributed by atoms with Gasteiger partial charge in [-0.3, -0.25) is 0 Å². The Morgan fingerprint density at radius 1 is 1.57 bits per heavy atom. The summed E-state index contributed by atoms with van der Waals surface area (Å²) < 4.78 is 29.3. The number of nitrogens with two attached hydrogens (primary N) is 1. The number of sulfonamides is 1. The largest absolute Gasteiger partial charge is 0.392 e. The molecule has 1 heterocycles. The van der Waals surface area contributed by atoms with E-state index in [4.69, 9.17) is 18.0 Å². The second-order valence-electron chi connectivity index (χ2n) is 5.78. The zero-order chi connectivity index (χ0) is 15.7. The number of aryl methyl sites for hydroxylation is 1. The number of aromatic nitrogens is 2. The Labute approximate surface area is 131 Å². The smallest absolute Gasteiger partial charge is 0.260 e. The highest BCUT2D eigenvalue weighted by molar-refractivity contribution is 7.89. The van der Waals surface area contributed by atoms with Gasteiger partial charge in [0.15, 0.2) is 5.03 Å². The molecule has 6 nitrogen and oxygen atoms in total. The van der Waals surface area contributed by atoms with Crippen molar-refractivity contribution < 1.29 is 8.42 Å². The van der Waals surface area contributed by atoms with Crippen LogP contribution in [0.15, 0.2) is 17.6 Å². The topological polar surface area (TPSA) is 90.0 Å². The number of rotatable bonds is 5. The van der Waals surface area contributed by atoms with Crippen molar-refractivity contribution >= 4 is 27.2 Å². The summed E-state index contributed by atoms with van der Waals surface area (Å²) in [6.07, 6.45) is 7.17. The van der Waals surface area contributed by atoms with Crippen LogP contribution in [0, 0.1) is 5.92 Å². The second kappa shape index (κ2) is 6.02. The van der Waals surface area contributed by atoms with Crippen molar-refractivity contribution in [3.63, 3.8) is 0 Å². The standard InChI is InChI=1S/C13H22N4O2S2/c1-3-10-4-6-13(7-5-10,12(14)20)16-21(18,19)11-8-17(2)9-15-11/h8-10,16H,3-7H2,1-2H3,(H2,14,20). The monoisotopic (exact) mass is 330 g/mol. The normalized spacial score (nSPS) is 26.7. The van der Waals surface area contributed by atoms with E-state index in [-0.39, 0.29) is 10.0 Å². The van der Waals surface area contributed by atoms with Crippen LogP contribution in [0.1, 0.15) is 39.0 Å². The van der Waals surface area contributed by atoms with Crippen LogP contribution in [-0.4, -0.2) is 28.5 Å². The number of nitrogens with one attached hydrogen (secondary N) is 1. The number of thiocarbonyl (C=S) groups is 1. The van der Waals surface area contributed by atoms with E-state index < -0.39 is 15.6 Å². The minimum atomic E-state index is -3.72. The van der Waals surface area contributed by atoms with Gasteiger partial charge >= 0.3 is 0 Å². The van der Waals surface area contributed by atoms with Gasteiger partial charge in [-0.15, -0.1) is 0 Å². The minimum absolute atomic E-state index is 0.00163. The van der Waals surface area contributed by atoms with Crippen molar-refractivity contribution in [2.45, 2.75) is 49.6 Å². The molecule has 0 aromatic carbocycles. The highest BCUT2D eigenvalue weighted by atomic mass is 32.2. The van der Waals surface area contributed by atoms with E-state index >= 15 is 0 Å². The second-order valence-corrected chi connectivity index (χ2v) is 7.85. The van der Waals surface area contributed by atoms with Crippen LogP contribution < -0.4 is 10.5 Å². The molecule has 8 heteroatoms. The SMILES string of the molecule is CCC1CCC(NS(=O)(=O)c2cn(C)cn2)(C(N)=S)CC1. The first-order valence-electron chi connectivity index (χ1n) is 7.11. The quantitative estimate of drug-likeness (QED) is 0.795. The van der Waals surface area contributed by atoms with E-state index in [1.165, 1.54) is 12.5 Å². The highest BCUT2D eigenvalue weighted by Crippen LogP contribution is 2.35. The summed E-state index contributed by atoms with van der Waals surface area (Å²) in [6, 6.07) is 0. The molecule has 1 aromatic rings. The average molecular weight is 330 g/mol. The van der Waals surface area contributed by atoms with Crippen LogP contribution in [-0.2, 0) is 17.1 Å². The molecule has 1 saturated carbocycles. The molecule has 21 heavy (non-hydrogen) atoms. The van der Waals surface area contributed by atoms with E-state index in [2.05, 4.69) is 16.6 Å². The number of imidazole rings is 1. The van der Waals surface area contributed by atoms with Gasteiger partial charge in [0.05, 0.1) is 16.9 Å². The Kier molecular flexibility index (Phi) is 4.69. The van der Waals surface area contributed by atoms with Gasteiger partial charge in [-0.05, 0) is 31.6 Å². The lowest BCUT2D eigenvalue weighted by molar-refractivity contribution is 0.269. The number of hydrogen-bond donors (Lipinski definition) is 2. The predicted molar refractivity (Wildman–Crippen MR) is 85.3 cm³/mol. The van der Waals surface area contributed by atoms with Gasteiger partial charge in [0.2, 0.25) is 0 Å². The van der Waals surface area contributed by atoms with E-state index in [0.29, 0.717) is 18.8 Å². The number of hydrogen-bond acceptors (Lipinski definition) is 4. The summed E-state index contributed by atoms with van der Waals surface area (Å²) in [7, 11) is -1.99. The Hall–Kier alpha value is -0.990. The Morgan fingerprint density at radius 2 is 2.19 bits per heavy atom. The van der Waals surface area contributed by atoms with Gasteiger partial charge in [0, 0.05) is 13.2 Å². The van der Waals surface area contributed by atoms with Crippen molar-refractivity contribution in [2.24, 2.45) is 18.7 Å². The molecule has 0 saturated heterocycles. The third-order valence-electron chi connectivity index (χ3n) is 4.29. The molecular weight excluding hydrogens is 308 g/mol. The van der Waals surface area contributed by atoms with Gasteiger partial charge in [0.1, 0.15) is 0 Å². The van der Waals surface area contributed by atoms with E-state index in [1.54, 1.807) is 11.6 Å². The van der Waals surface area contributed by atoms with Crippen LogP contribution in [0.2, 0.25) is 0 Å². The molecule has 1 fully saturated rings. The molecule has 0 bridgehead atoms. The lowest BCUT2D eigenvalue weighted by atomic mass is 9.76. The molecule has 1 aromatic heterocycles. The molecule has 0 atom stereocenters. The molecule has 0 amide bonds. The lowest BCUT2D eigenvalue weighted by Crippen LogP contribution is -2.58. The molecule has 0 radical (unpaired) electrons. The van der Waals surface area contributed by atoms with Gasteiger partial charge < -0.3 is 10.3 Å². The Bertz CT molecular complexity index is 616. The molecule has 1 aliphatic carbocycles. The number of nitrogens with zero attached hydrogens (tertiary/aromatic N) is 2. The van der Waals surface area contributed by atoms with Crippen molar-refractivity contribution in [1.82, 2.24) is 14.3 Å². The molecule has 118 valence electrons. The van der Waals surface area contributed by atoms with E-state index in [1.807, 2.05) is 0 Å². The highest BCUT2D eigenvalue weighted by Gasteiger charge is 2.41. The molecule has 1 aliphatic rings. The lowest BCUT2D eigenvalue weighted by Gasteiger charge is -2.39. The molecule has 0 spiro atoms. The van der Waals surface area contributed by atoms with E-state index in [0.717, 1.165) is 19.3 Å². The summed E-state index contributed by atoms with van der Waals surface area (Å²) in [4.78, 5) is 4.12. The zero-order valence-corrected chi connectivity index (χ0v) is 14.0. The van der Waals surface area contributed by atoms with E-state index in [9.17, 15) is 8.42 Å². The third-order valence-corrected chi connectivity index (χ3v) is 6.11. The molecule has 2 rings (SSSR count). The molecule has 3 N–H and O–H groups in total. The van der Waals surface area contributed by atoms with Crippen LogP contribution in [0.4, 0.5) is 0 Å². The van der Waals surface area contributed by atoms with Gasteiger partial charge in [-0.1, -0.05) is 25.6 Å². The van der Waals surface area contributed by atoms with Gasteiger partial charge in [-0.2, -0.15) is 4.72 Å². The molecule has 0 unspecified atom stereocenters. The van der Waals surface area contributed by atoms with Gasteiger partial charge in [0.25, 0.3) is 10.0 Å². The summed E-state index contributed by atoms with van der Waals surface area (Å²) in [5.41, 5.74) is 5.04. The maximum Gasteiger partial charge on any atom is 0.260 e. The van der Waals surface area contributed by atoms with Crippen molar-refractivity contribution in [3.8, 4) is 0 Å². The maximum atomic E-state index is 12.5. The summed E-state index contributed by atoms with van der Waals surface area (Å²) in [6.45, 7) is 2.15. The molecular formula is C13H22N4O2S2. The fourth-order valence-corrected chi connectivity index (χ4v) is 4.56. The fraction of sp³-hybridized carbons (Fsp3) is 0.692. The molecule has 0 aliphatic heterocycles. The van der Waals surface area contributed by atoms with Crippen LogP contribution in [0.25, 0.3) is 0 Å². The van der Waals surface area contributed by atoms with Crippen molar-refractivity contribution in [3.05, 3.63) is 12.5 Å². The van der Waals surface area contributed by atoms with Gasteiger partial charge in [-0.25, -0.2) is 13.4 Å². The Balaban J connectivity index is 2.23.